The van der Waals surface area contributed by atoms with Crippen molar-refractivity contribution in [1.82, 2.24) is 18.8 Å². The largest absolute Gasteiger partial charge is 0.462 e. The van der Waals surface area contributed by atoms with Crippen LogP contribution in [0.1, 0.15) is 12.6 Å². The Bertz CT molecular complexity index is 1240. The van der Waals surface area contributed by atoms with Crippen LogP contribution in [0, 0.1) is 6.92 Å². The van der Waals surface area contributed by atoms with Crippen LogP contribution in [0.3, 0.4) is 0 Å². The minimum Gasteiger partial charge on any atom is -0.462 e. The van der Waals surface area contributed by atoms with Gasteiger partial charge < -0.3 is 19.8 Å². The van der Waals surface area contributed by atoms with Crippen LogP contribution in [0.2, 0.25) is 0 Å². The molecule has 0 saturated heterocycles. The number of imidazole rings is 2. The molecule has 0 saturated carbocycles. The predicted octanol–water partition coefficient (Wildman–Crippen LogP) is 2.79. The van der Waals surface area contributed by atoms with Gasteiger partial charge in [-0.2, -0.15) is 0 Å². The van der Waals surface area contributed by atoms with Gasteiger partial charge in [-0.1, -0.05) is 12.1 Å². The lowest BCUT2D eigenvalue weighted by atomic mass is 10.2. The number of rotatable bonds is 6. The molecule has 4 aromatic rings. The molecule has 0 unspecified atom stereocenters. The van der Waals surface area contributed by atoms with Crippen molar-refractivity contribution >= 4 is 34.8 Å². The van der Waals surface area contributed by atoms with Gasteiger partial charge in [0.2, 0.25) is 0 Å². The van der Waals surface area contributed by atoms with E-state index in [0.717, 1.165) is 11.3 Å². The molecule has 4 heterocycles. The molecule has 9 nitrogen and oxygen atoms in total. The van der Waals surface area contributed by atoms with Gasteiger partial charge in [0, 0.05) is 18.6 Å². The SMILES string of the molecule is CCOC(=O)/C(=C\Nc1c(C)nc2ccccn12)C(=O)Nc1cn2ccccc2n1. The van der Waals surface area contributed by atoms with Crippen LogP contribution in [-0.4, -0.2) is 37.3 Å². The number of pyridine rings is 2. The second-order valence-corrected chi connectivity index (χ2v) is 6.44. The predicted molar refractivity (Wildman–Crippen MR) is 112 cm³/mol. The van der Waals surface area contributed by atoms with Gasteiger partial charge in [0.1, 0.15) is 22.7 Å². The molecule has 2 N–H and O–H groups in total. The molecule has 0 atom stereocenters. The topological polar surface area (TPSA) is 102 Å². The Labute approximate surface area is 172 Å². The van der Waals surface area contributed by atoms with E-state index in [0.29, 0.717) is 17.3 Å². The molecule has 1 amide bonds. The second kappa shape index (κ2) is 8.08. The maximum atomic E-state index is 12.8. The number of anilines is 2. The molecule has 30 heavy (non-hydrogen) atoms. The van der Waals surface area contributed by atoms with Crippen LogP contribution in [-0.2, 0) is 14.3 Å². The molecule has 9 heteroatoms. The molecule has 0 bridgehead atoms. The van der Waals surface area contributed by atoms with Crippen molar-refractivity contribution in [2.24, 2.45) is 0 Å². The molecule has 0 aliphatic heterocycles. The highest BCUT2D eigenvalue weighted by Gasteiger charge is 2.21. The molecular weight excluding hydrogens is 384 g/mol. The van der Waals surface area contributed by atoms with Crippen molar-refractivity contribution in [3.63, 3.8) is 0 Å². The van der Waals surface area contributed by atoms with Gasteiger partial charge in [-0.15, -0.1) is 0 Å². The average molecular weight is 404 g/mol. The fourth-order valence-electron chi connectivity index (χ4n) is 3.03. The highest BCUT2D eigenvalue weighted by atomic mass is 16.5. The molecule has 0 aliphatic rings. The Hall–Kier alpha value is -4.14. The average Bonchev–Trinajstić information content (AvgIpc) is 3.28. The van der Waals surface area contributed by atoms with Crippen molar-refractivity contribution < 1.29 is 14.3 Å². The Kier molecular flexibility index (Phi) is 5.17. The van der Waals surface area contributed by atoms with Crippen LogP contribution in [0.5, 0.6) is 0 Å². The first-order valence-electron chi connectivity index (χ1n) is 9.39. The number of nitrogens with one attached hydrogen (secondary N) is 2. The van der Waals surface area contributed by atoms with Crippen molar-refractivity contribution in [2.75, 3.05) is 17.2 Å². The summed E-state index contributed by atoms with van der Waals surface area (Å²) in [4.78, 5) is 34.0. The highest BCUT2D eigenvalue weighted by Crippen LogP contribution is 2.18. The first-order valence-corrected chi connectivity index (χ1v) is 9.39. The molecule has 0 aromatic carbocycles. The number of nitrogens with zero attached hydrogens (tertiary/aromatic N) is 4. The number of fused-ring (bicyclic) bond motifs is 2. The third-order valence-corrected chi connectivity index (χ3v) is 4.40. The highest BCUT2D eigenvalue weighted by molar-refractivity contribution is 6.21. The van der Waals surface area contributed by atoms with E-state index in [2.05, 4.69) is 20.6 Å². The quantitative estimate of drug-likeness (QED) is 0.222. The molecule has 0 spiro atoms. The summed E-state index contributed by atoms with van der Waals surface area (Å²) in [6.07, 6.45) is 6.64. The zero-order valence-corrected chi connectivity index (χ0v) is 16.5. The summed E-state index contributed by atoms with van der Waals surface area (Å²) in [6, 6.07) is 11.1. The lowest BCUT2D eigenvalue weighted by Crippen LogP contribution is -2.23. The van der Waals surface area contributed by atoms with Gasteiger partial charge >= 0.3 is 5.97 Å². The normalized spacial score (nSPS) is 11.6. The van der Waals surface area contributed by atoms with E-state index in [1.807, 2.05) is 60.1 Å². The van der Waals surface area contributed by atoms with E-state index in [1.165, 1.54) is 6.20 Å². The fourth-order valence-corrected chi connectivity index (χ4v) is 3.03. The van der Waals surface area contributed by atoms with Crippen LogP contribution in [0.15, 0.2) is 66.8 Å². The number of carbonyl (C=O) groups is 2. The summed E-state index contributed by atoms with van der Waals surface area (Å²) in [6.45, 7) is 3.66. The van der Waals surface area contributed by atoms with Crippen LogP contribution in [0.4, 0.5) is 11.6 Å². The van der Waals surface area contributed by atoms with E-state index >= 15 is 0 Å². The van der Waals surface area contributed by atoms with Crippen LogP contribution in [0.25, 0.3) is 11.3 Å². The molecular formula is C21H20N6O3. The Morgan fingerprint density at radius 3 is 2.63 bits per heavy atom. The fraction of sp³-hybridized carbons (Fsp3) is 0.143. The molecule has 0 fully saturated rings. The van der Waals surface area contributed by atoms with Crippen LogP contribution >= 0.6 is 0 Å². The molecule has 4 rings (SSSR count). The zero-order chi connectivity index (χ0) is 21.1. The van der Waals surface area contributed by atoms with Gasteiger partial charge in [-0.25, -0.2) is 14.8 Å². The monoisotopic (exact) mass is 404 g/mol. The van der Waals surface area contributed by atoms with Gasteiger partial charge in [-0.3, -0.25) is 9.20 Å². The van der Waals surface area contributed by atoms with E-state index in [1.54, 1.807) is 17.5 Å². The van der Waals surface area contributed by atoms with Crippen molar-refractivity contribution in [1.29, 1.82) is 0 Å². The number of aryl methyl sites for hydroxylation is 1. The minimum atomic E-state index is -0.738. The Morgan fingerprint density at radius 2 is 1.87 bits per heavy atom. The van der Waals surface area contributed by atoms with E-state index in [9.17, 15) is 9.59 Å². The van der Waals surface area contributed by atoms with Gasteiger partial charge in [0.05, 0.1) is 18.5 Å². The minimum absolute atomic E-state index is 0.145. The smallest absolute Gasteiger partial charge is 0.345 e. The standard InChI is InChI=1S/C21H20N6O3/c1-3-30-21(29)15(12-22-19-14(2)23-18-9-5-7-11-27(18)19)20(28)25-16-13-26-10-6-4-8-17(26)24-16/h4-13,22H,3H2,1-2H3,(H,25,28)/b15-12-. The van der Waals surface area contributed by atoms with Gasteiger partial charge in [0.15, 0.2) is 5.82 Å². The number of carbonyl (C=O) groups excluding carboxylic acids is 2. The number of esters is 1. The Morgan fingerprint density at radius 1 is 1.10 bits per heavy atom. The first kappa shape index (κ1) is 19.2. The molecule has 0 aliphatic carbocycles. The lowest BCUT2D eigenvalue weighted by molar-refractivity contribution is -0.139. The van der Waals surface area contributed by atoms with Crippen molar-refractivity contribution in [2.45, 2.75) is 13.8 Å². The van der Waals surface area contributed by atoms with Gasteiger partial charge in [-0.05, 0) is 38.1 Å². The van der Waals surface area contributed by atoms with Gasteiger partial charge in [0.25, 0.3) is 5.91 Å². The number of hydrogen-bond donors (Lipinski definition) is 2. The number of hydrogen-bond acceptors (Lipinski definition) is 6. The molecule has 152 valence electrons. The summed E-state index contributed by atoms with van der Waals surface area (Å²) < 4.78 is 8.65. The number of aromatic nitrogens is 4. The Balaban J connectivity index is 1.62. The molecule has 0 radical (unpaired) electrons. The number of amides is 1. The zero-order valence-electron chi connectivity index (χ0n) is 16.5. The first-order chi connectivity index (χ1) is 14.6. The molecule has 4 aromatic heterocycles. The maximum Gasteiger partial charge on any atom is 0.345 e. The maximum absolute atomic E-state index is 12.8. The van der Waals surface area contributed by atoms with E-state index in [4.69, 9.17) is 4.74 Å². The third kappa shape index (κ3) is 3.72. The lowest BCUT2D eigenvalue weighted by Gasteiger charge is -2.08. The second-order valence-electron chi connectivity index (χ2n) is 6.44. The third-order valence-electron chi connectivity index (χ3n) is 4.40. The van der Waals surface area contributed by atoms with E-state index < -0.39 is 11.9 Å². The van der Waals surface area contributed by atoms with Crippen molar-refractivity contribution in [3.05, 3.63) is 72.5 Å². The van der Waals surface area contributed by atoms with Crippen molar-refractivity contribution in [3.8, 4) is 0 Å². The summed E-state index contributed by atoms with van der Waals surface area (Å²) in [7, 11) is 0. The number of ether oxygens (including phenoxy) is 1. The summed E-state index contributed by atoms with van der Waals surface area (Å²) in [5, 5.41) is 5.67. The van der Waals surface area contributed by atoms with E-state index in [-0.39, 0.29) is 12.2 Å². The summed E-state index contributed by atoms with van der Waals surface area (Å²) in [5.74, 6) is -0.395. The summed E-state index contributed by atoms with van der Waals surface area (Å²) in [5.41, 5.74) is 1.97. The van der Waals surface area contributed by atoms with Crippen LogP contribution < -0.4 is 10.6 Å². The summed E-state index contributed by atoms with van der Waals surface area (Å²) >= 11 is 0.